The molecule has 0 atom stereocenters. The van der Waals surface area contributed by atoms with Crippen molar-refractivity contribution in [2.45, 2.75) is 9.79 Å². The maximum atomic E-state index is 13.0. The van der Waals surface area contributed by atoms with Crippen molar-refractivity contribution in [3.63, 3.8) is 0 Å². The monoisotopic (exact) mass is 756 g/mol. The smallest absolute Gasteiger partial charge is 0.477 e. The molecule has 4 rings (SSSR count). The first-order chi connectivity index (χ1) is 19.1. The number of H-pyrrole nitrogens is 1. The first kappa shape index (κ1) is 46.4. The van der Waals surface area contributed by atoms with E-state index in [2.05, 4.69) is 34.5 Å². The molecule has 22 heteroatoms. The molecule has 0 bridgehead atoms. The van der Waals surface area contributed by atoms with Gasteiger partial charge in [0, 0.05) is 0 Å². The summed E-state index contributed by atoms with van der Waals surface area (Å²) in [5, 5.41) is 25.4. The minimum Gasteiger partial charge on any atom is -0.477 e. The molecule has 45 heavy (non-hydrogen) atoms. The number of carbonyl (C=O) groups excluding carboxylic acids is 1. The average molecular weight is 757 g/mol. The number of anilines is 1. The van der Waals surface area contributed by atoms with Crippen molar-refractivity contribution >= 4 is 55.6 Å². The Hall–Kier alpha value is 1.38. The molecule has 1 amide bonds. The van der Waals surface area contributed by atoms with Crippen molar-refractivity contribution in [2.24, 2.45) is 5.10 Å². The first-order valence-corrected chi connectivity index (χ1v) is 13.4. The number of hydrazone groups is 1. The molecule has 0 spiro atoms. The van der Waals surface area contributed by atoms with Gasteiger partial charge in [0.15, 0.2) is 11.4 Å². The van der Waals surface area contributed by atoms with E-state index in [4.69, 9.17) is 0 Å². The molecule has 0 radical (unpaired) electrons. The fourth-order valence-electron chi connectivity index (χ4n) is 3.37. The molecule has 1 aliphatic heterocycles. The summed E-state index contributed by atoms with van der Waals surface area (Å²) in [7, 11) is -9.48. The molecule has 0 aliphatic carbocycles. The van der Waals surface area contributed by atoms with Crippen LogP contribution in [0.4, 0.5) is 5.69 Å². The Labute approximate surface area is 424 Å². The second-order valence-corrected chi connectivity index (χ2v) is 10.5. The SMILES string of the molecule is O=C(O)C1=NN(c2[c-]c(S(=O)(=O)O)c[c-]c2)C(=O)C1=CC=Cc1c(C(=O)O)[nH]n(-c2[c-]c(S(=O)(=O)O)c[c-]c2)c1=O.[K+].[K+].[K+].[K+]. The summed E-state index contributed by atoms with van der Waals surface area (Å²) in [6, 6.07) is 12.9. The Morgan fingerprint density at radius 2 is 1.33 bits per heavy atom. The van der Waals surface area contributed by atoms with Crippen molar-refractivity contribution in [2.75, 3.05) is 5.01 Å². The predicted molar refractivity (Wildman–Crippen MR) is 134 cm³/mol. The molecule has 1 aliphatic rings. The first-order valence-electron chi connectivity index (χ1n) is 10.5. The summed E-state index contributed by atoms with van der Waals surface area (Å²) in [6.07, 6.45) is 2.77. The van der Waals surface area contributed by atoms with Crippen LogP contribution >= 0.6 is 0 Å². The van der Waals surface area contributed by atoms with Crippen LogP contribution in [0.1, 0.15) is 16.1 Å². The Morgan fingerprint density at radius 3 is 1.82 bits per heavy atom. The molecule has 16 nitrogen and oxygen atoms in total. The molecule has 0 saturated carbocycles. The van der Waals surface area contributed by atoms with Crippen LogP contribution in [0, 0.1) is 24.3 Å². The third-order valence-corrected chi connectivity index (χ3v) is 6.69. The molecule has 2 heterocycles. The maximum Gasteiger partial charge on any atom is 1.00 e. The Kier molecular flexibility index (Phi) is 19.7. The number of hydrogen-bond donors (Lipinski definition) is 5. The fourth-order valence-corrected chi connectivity index (χ4v) is 4.27. The van der Waals surface area contributed by atoms with E-state index in [1.165, 1.54) is 0 Å². The van der Waals surface area contributed by atoms with Gasteiger partial charge in [0.2, 0.25) is 20.2 Å². The topological polar surface area (TPSA) is 254 Å². The predicted octanol–water partition coefficient (Wildman–Crippen LogP) is -12.0. The van der Waals surface area contributed by atoms with E-state index >= 15 is 0 Å². The van der Waals surface area contributed by atoms with Gasteiger partial charge in [-0.25, -0.2) is 26.4 Å². The zero-order chi connectivity index (χ0) is 30.3. The number of allylic oxidation sites excluding steroid dienone is 2. The van der Waals surface area contributed by atoms with E-state index in [1.54, 1.807) is 0 Å². The molecule has 0 unspecified atom stereocenters. The quantitative estimate of drug-likeness (QED) is 0.0622. The van der Waals surface area contributed by atoms with Crippen molar-refractivity contribution < 1.29 is 256 Å². The number of hydrogen-bond acceptors (Lipinski definition) is 9. The fraction of sp³-hybridized carbons (Fsp3) is 0. The average Bonchev–Trinajstić information content (AvgIpc) is 3.40. The third-order valence-electron chi connectivity index (χ3n) is 5.14. The van der Waals surface area contributed by atoms with E-state index in [0.717, 1.165) is 42.5 Å². The van der Waals surface area contributed by atoms with Crippen molar-refractivity contribution in [3.8, 4) is 5.69 Å². The van der Waals surface area contributed by atoms with Crippen LogP contribution in [0.2, 0.25) is 0 Å². The number of benzene rings is 2. The molecule has 2 aromatic carbocycles. The van der Waals surface area contributed by atoms with Crippen molar-refractivity contribution in [1.82, 2.24) is 9.78 Å². The van der Waals surface area contributed by atoms with Crippen LogP contribution < -0.4 is 216 Å². The Balaban J connectivity index is 0.00000484. The van der Waals surface area contributed by atoms with Crippen molar-refractivity contribution in [1.29, 1.82) is 0 Å². The van der Waals surface area contributed by atoms with Gasteiger partial charge in [0.25, 0.3) is 11.5 Å². The number of aromatic amines is 1. The van der Waals surface area contributed by atoms with Crippen LogP contribution in [0.25, 0.3) is 11.8 Å². The Morgan fingerprint density at radius 1 is 0.822 bits per heavy atom. The van der Waals surface area contributed by atoms with E-state index in [0.29, 0.717) is 9.69 Å². The molecular weight excluding hydrogens is 745 g/mol. The van der Waals surface area contributed by atoms with Gasteiger partial charge in [-0.1, -0.05) is 6.08 Å². The molecule has 5 N–H and O–H groups in total. The zero-order valence-corrected chi connectivity index (χ0v) is 37.9. The summed E-state index contributed by atoms with van der Waals surface area (Å²) in [6.45, 7) is 0. The summed E-state index contributed by atoms with van der Waals surface area (Å²) < 4.78 is 64.6. The van der Waals surface area contributed by atoms with Gasteiger partial charge in [-0.05, 0) is 12.2 Å². The van der Waals surface area contributed by atoms with Crippen LogP contribution in [0.15, 0.2) is 61.7 Å². The van der Waals surface area contributed by atoms with Gasteiger partial charge in [0.1, 0.15) is 0 Å². The van der Waals surface area contributed by atoms with Crippen LogP contribution in [-0.4, -0.2) is 69.5 Å². The number of aliphatic carboxylic acids is 1. The summed E-state index contributed by atoms with van der Waals surface area (Å²) >= 11 is 0. The van der Waals surface area contributed by atoms with Gasteiger partial charge < -0.3 is 22.3 Å². The zero-order valence-electron chi connectivity index (χ0n) is 23.8. The maximum absolute atomic E-state index is 13.0. The molecule has 0 saturated heterocycles. The van der Waals surface area contributed by atoms with Crippen LogP contribution in [-0.2, 0) is 29.8 Å². The Bertz CT molecular complexity index is 2020. The summed E-state index contributed by atoms with van der Waals surface area (Å²) in [5.74, 6) is -4.37. The number of aromatic carboxylic acids is 1. The minimum atomic E-state index is -4.75. The van der Waals surface area contributed by atoms with Gasteiger partial charge >= 0.3 is 217 Å². The number of carbonyl (C=O) groups is 3. The van der Waals surface area contributed by atoms with Gasteiger partial charge in [-0.15, -0.1) is 9.79 Å². The summed E-state index contributed by atoms with van der Waals surface area (Å²) in [5.41, 5.74) is -4.30. The van der Waals surface area contributed by atoms with Gasteiger partial charge in [0.05, 0.1) is 11.1 Å². The standard InChI is InChI=1S/C23H12N4O12S2.4K/c28-20-16(18(22(30)31)24-26(20)12-4-1-6-14(10-12)40(34,35)36)8-3-9-17-19(23(32)33)25-27(21(17)29)13-5-2-7-15(11-13)41(37,38)39;;;;/h3-9,24H,(H,30,31)(H,32,33)(H,34,35,36)(H,37,38,39);;;;/q-4;4*+1. The van der Waals surface area contributed by atoms with Gasteiger partial charge in [-0.2, -0.15) is 16.5 Å². The molecule has 0 fully saturated rings. The minimum absolute atomic E-state index is 0. The number of carboxylic acid groups (broad SMARTS) is 2. The second-order valence-electron chi connectivity index (χ2n) is 7.77. The molecule has 1 aromatic heterocycles. The van der Waals surface area contributed by atoms with Crippen LogP contribution in [0.3, 0.4) is 0 Å². The molecule has 212 valence electrons. The van der Waals surface area contributed by atoms with Gasteiger partial charge in [-0.3, -0.25) is 69.9 Å². The largest absolute Gasteiger partial charge is 1.00 e. The number of carboxylic acids is 2. The number of nitrogens with one attached hydrogen (secondary N) is 1. The van der Waals surface area contributed by atoms with Crippen molar-refractivity contribution in [3.05, 3.63) is 87.9 Å². The van der Waals surface area contributed by atoms with E-state index < -0.39 is 76.0 Å². The third kappa shape index (κ3) is 11.2. The number of aromatic nitrogens is 2. The van der Waals surface area contributed by atoms with E-state index in [9.17, 15) is 55.3 Å². The second kappa shape index (κ2) is 19.1. The number of rotatable bonds is 8. The normalized spacial score (nSPS) is 13.7. The number of nitrogens with zero attached hydrogens (tertiary/aromatic N) is 3. The number of amides is 1. The van der Waals surface area contributed by atoms with Crippen LogP contribution in [0.5, 0.6) is 0 Å². The molecule has 3 aromatic rings. The van der Waals surface area contributed by atoms with E-state index in [1.807, 2.05) is 0 Å². The summed E-state index contributed by atoms with van der Waals surface area (Å²) in [4.78, 5) is 47.8. The molecular formula is C23H12K4N4O12S2. The van der Waals surface area contributed by atoms with E-state index in [-0.39, 0.29) is 217 Å².